The van der Waals surface area contributed by atoms with E-state index in [1.54, 1.807) is 7.11 Å². The molecular formula is C19H25NO. The zero-order valence-corrected chi connectivity index (χ0v) is 13.0. The highest BCUT2D eigenvalue weighted by atomic mass is 16.5. The van der Waals surface area contributed by atoms with Gasteiger partial charge in [-0.1, -0.05) is 42.5 Å². The number of rotatable bonds is 8. The lowest BCUT2D eigenvalue weighted by molar-refractivity contribution is 0.414. The van der Waals surface area contributed by atoms with Crippen LogP contribution >= 0.6 is 0 Å². The Kier molecular flexibility index (Phi) is 6.29. The van der Waals surface area contributed by atoms with Crippen molar-refractivity contribution in [1.29, 1.82) is 0 Å². The molecule has 0 saturated heterocycles. The second-order valence-corrected chi connectivity index (χ2v) is 5.40. The minimum absolute atomic E-state index is 0.562. The number of methoxy groups -OCH3 is 1. The monoisotopic (exact) mass is 283 g/mol. The third-order valence-corrected chi connectivity index (χ3v) is 3.97. The summed E-state index contributed by atoms with van der Waals surface area (Å²) in [5, 5.41) is 3.44. The highest BCUT2D eigenvalue weighted by Crippen LogP contribution is 2.14. The number of benzene rings is 2. The Labute approximate surface area is 128 Å². The Morgan fingerprint density at radius 1 is 0.857 bits per heavy atom. The van der Waals surface area contributed by atoms with Crippen LogP contribution in [-0.2, 0) is 12.8 Å². The third kappa shape index (κ3) is 5.24. The first-order valence-corrected chi connectivity index (χ1v) is 7.66. The second kappa shape index (κ2) is 8.48. The van der Waals surface area contributed by atoms with Crippen molar-refractivity contribution in [3.63, 3.8) is 0 Å². The summed E-state index contributed by atoms with van der Waals surface area (Å²) in [5.74, 6) is 0.924. The first kappa shape index (κ1) is 15.6. The SMILES string of the molecule is CNC(CCc1ccccc1)CCc1ccc(OC)cc1. The minimum Gasteiger partial charge on any atom is -0.497 e. The Hall–Kier alpha value is -1.80. The molecule has 2 aromatic rings. The topological polar surface area (TPSA) is 21.3 Å². The summed E-state index contributed by atoms with van der Waals surface area (Å²) in [6, 6.07) is 19.6. The summed E-state index contributed by atoms with van der Waals surface area (Å²) < 4.78 is 5.19. The van der Waals surface area contributed by atoms with E-state index in [4.69, 9.17) is 4.74 Å². The summed E-state index contributed by atoms with van der Waals surface area (Å²) in [6.07, 6.45) is 4.57. The highest BCUT2D eigenvalue weighted by Gasteiger charge is 2.07. The molecule has 0 aliphatic rings. The number of aryl methyl sites for hydroxylation is 2. The number of hydrogen-bond acceptors (Lipinski definition) is 2. The van der Waals surface area contributed by atoms with E-state index in [0.29, 0.717) is 6.04 Å². The van der Waals surface area contributed by atoms with Crippen molar-refractivity contribution < 1.29 is 4.74 Å². The van der Waals surface area contributed by atoms with E-state index in [9.17, 15) is 0 Å². The van der Waals surface area contributed by atoms with E-state index >= 15 is 0 Å². The van der Waals surface area contributed by atoms with Crippen molar-refractivity contribution in [1.82, 2.24) is 5.32 Å². The fourth-order valence-electron chi connectivity index (χ4n) is 2.55. The Balaban J connectivity index is 1.79. The van der Waals surface area contributed by atoms with E-state index in [-0.39, 0.29) is 0 Å². The molecule has 0 aliphatic heterocycles. The van der Waals surface area contributed by atoms with Crippen LogP contribution in [0.3, 0.4) is 0 Å². The summed E-state index contributed by atoms with van der Waals surface area (Å²) in [6.45, 7) is 0. The standard InChI is InChI=1S/C19H25NO/c1-20-18(12-8-16-6-4-3-5-7-16)13-9-17-10-14-19(21-2)15-11-17/h3-7,10-11,14-15,18,20H,8-9,12-13H2,1-2H3. The van der Waals surface area contributed by atoms with E-state index in [2.05, 4.69) is 54.8 Å². The zero-order chi connectivity index (χ0) is 14.9. The summed E-state index contributed by atoms with van der Waals surface area (Å²) in [7, 11) is 3.76. The van der Waals surface area contributed by atoms with Crippen molar-refractivity contribution in [2.75, 3.05) is 14.2 Å². The van der Waals surface area contributed by atoms with Crippen LogP contribution in [0.15, 0.2) is 54.6 Å². The molecule has 0 fully saturated rings. The van der Waals surface area contributed by atoms with Gasteiger partial charge in [0, 0.05) is 6.04 Å². The maximum Gasteiger partial charge on any atom is 0.118 e. The van der Waals surface area contributed by atoms with Gasteiger partial charge in [0.25, 0.3) is 0 Å². The lowest BCUT2D eigenvalue weighted by atomic mass is 9.99. The molecule has 0 amide bonds. The predicted molar refractivity (Wildman–Crippen MR) is 88.9 cm³/mol. The second-order valence-electron chi connectivity index (χ2n) is 5.40. The average molecular weight is 283 g/mol. The zero-order valence-electron chi connectivity index (χ0n) is 13.0. The van der Waals surface area contributed by atoms with E-state index < -0.39 is 0 Å². The molecule has 112 valence electrons. The molecule has 0 saturated carbocycles. The number of hydrogen-bond donors (Lipinski definition) is 1. The lowest BCUT2D eigenvalue weighted by Gasteiger charge is -2.16. The molecular weight excluding hydrogens is 258 g/mol. The molecule has 2 rings (SSSR count). The summed E-state index contributed by atoms with van der Waals surface area (Å²) in [5.41, 5.74) is 2.79. The maximum absolute atomic E-state index is 5.19. The average Bonchev–Trinajstić information content (AvgIpc) is 2.56. The van der Waals surface area contributed by atoms with Gasteiger partial charge in [-0.2, -0.15) is 0 Å². The molecule has 1 N–H and O–H groups in total. The van der Waals surface area contributed by atoms with Crippen molar-refractivity contribution in [2.45, 2.75) is 31.7 Å². The van der Waals surface area contributed by atoms with Gasteiger partial charge in [-0.15, -0.1) is 0 Å². The Bertz CT molecular complexity index is 507. The molecule has 0 radical (unpaired) electrons. The van der Waals surface area contributed by atoms with Crippen molar-refractivity contribution in [3.8, 4) is 5.75 Å². The largest absolute Gasteiger partial charge is 0.497 e. The Morgan fingerprint density at radius 3 is 1.95 bits per heavy atom. The van der Waals surface area contributed by atoms with Crippen molar-refractivity contribution in [2.24, 2.45) is 0 Å². The van der Waals surface area contributed by atoms with Gasteiger partial charge in [-0.25, -0.2) is 0 Å². The van der Waals surface area contributed by atoms with Gasteiger partial charge in [0.05, 0.1) is 7.11 Å². The lowest BCUT2D eigenvalue weighted by Crippen LogP contribution is -2.26. The maximum atomic E-state index is 5.19. The van der Waals surface area contributed by atoms with Crippen LogP contribution in [0, 0.1) is 0 Å². The molecule has 1 unspecified atom stereocenters. The van der Waals surface area contributed by atoms with Crippen LogP contribution in [0.2, 0.25) is 0 Å². The van der Waals surface area contributed by atoms with Crippen LogP contribution in [0.5, 0.6) is 5.75 Å². The van der Waals surface area contributed by atoms with Crippen molar-refractivity contribution >= 4 is 0 Å². The molecule has 2 heteroatoms. The van der Waals surface area contributed by atoms with Gasteiger partial charge in [-0.05, 0) is 56.0 Å². The molecule has 21 heavy (non-hydrogen) atoms. The minimum atomic E-state index is 0.562. The van der Waals surface area contributed by atoms with Crippen LogP contribution < -0.4 is 10.1 Å². The van der Waals surface area contributed by atoms with Crippen molar-refractivity contribution in [3.05, 3.63) is 65.7 Å². The van der Waals surface area contributed by atoms with Crippen LogP contribution in [0.25, 0.3) is 0 Å². The van der Waals surface area contributed by atoms with Gasteiger partial charge in [0.1, 0.15) is 5.75 Å². The third-order valence-electron chi connectivity index (χ3n) is 3.97. The van der Waals surface area contributed by atoms with Gasteiger partial charge in [-0.3, -0.25) is 0 Å². The summed E-state index contributed by atoms with van der Waals surface area (Å²) >= 11 is 0. The smallest absolute Gasteiger partial charge is 0.118 e. The quantitative estimate of drug-likeness (QED) is 0.794. The molecule has 0 heterocycles. The first-order chi connectivity index (χ1) is 10.3. The molecule has 2 aromatic carbocycles. The van der Waals surface area contributed by atoms with E-state index in [1.807, 2.05) is 12.1 Å². The molecule has 0 aliphatic carbocycles. The molecule has 0 spiro atoms. The van der Waals surface area contributed by atoms with E-state index in [0.717, 1.165) is 25.0 Å². The van der Waals surface area contributed by atoms with Crippen LogP contribution in [-0.4, -0.2) is 20.2 Å². The fourth-order valence-corrected chi connectivity index (χ4v) is 2.55. The van der Waals surface area contributed by atoms with E-state index in [1.165, 1.54) is 17.5 Å². The Morgan fingerprint density at radius 2 is 1.43 bits per heavy atom. The summed E-state index contributed by atoms with van der Waals surface area (Å²) in [4.78, 5) is 0. The number of nitrogens with one attached hydrogen (secondary N) is 1. The van der Waals surface area contributed by atoms with Crippen LogP contribution in [0.1, 0.15) is 24.0 Å². The molecule has 0 bridgehead atoms. The predicted octanol–water partition coefficient (Wildman–Crippen LogP) is 3.85. The van der Waals surface area contributed by atoms with Gasteiger partial charge >= 0.3 is 0 Å². The molecule has 1 atom stereocenters. The number of ether oxygens (including phenoxy) is 1. The van der Waals surface area contributed by atoms with Gasteiger partial charge in [0.15, 0.2) is 0 Å². The highest BCUT2D eigenvalue weighted by molar-refractivity contribution is 5.27. The fraction of sp³-hybridized carbons (Fsp3) is 0.368. The van der Waals surface area contributed by atoms with Gasteiger partial charge in [0.2, 0.25) is 0 Å². The normalized spacial score (nSPS) is 12.1. The molecule has 0 aromatic heterocycles. The van der Waals surface area contributed by atoms with Gasteiger partial charge < -0.3 is 10.1 Å². The first-order valence-electron chi connectivity index (χ1n) is 7.66. The van der Waals surface area contributed by atoms with Crippen LogP contribution in [0.4, 0.5) is 0 Å². The molecule has 2 nitrogen and oxygen atoms in total.